The first-order valence-corrected chi connectivity index (χ1v) is 6.75. The third-order valence-corrected chi connectivity index (χ3v) is 3.62. The van der Waals surface area contributed by atoms with Gasteiger partial charge in [-0.2, -0.15) is 0 Å². The van der Waals surface area contributed by atoms with Crippen LogP contribution in [0.4, 0.5) is 4.39 Å². The van der Waals surface area contributed by atoms with Crippen molar-refractivity contribution in [1.29, 1.82) is 0 Å². The zero-order valence-corrected chi connectivity index (χ0v) is 11.9. The number of methoxy groups -OCH3 is 1. The van der Waals surface area contributed by atoms with Crippen molar-refractivity contribution in [2.75, 3.05) is 13.8 Å². The third kappa shape index (κ3) is 4.73. The molecule has 5 nitrogen and oxygen atoms in total. The molecule has 0 aliphatic carbocycles. The van der Waals surface area contributed by atoms with E-state index in [-0.39, 0.29) is 0 Å². The molecule has 110 valence electrons. The Labute approximate surface area is 120 Å². The zero-order chi connectivity index (χ0) is 15.1. The fraction of sp³-hybridized carbons (Fsp3) is 0.385. The number of carbonyl (C=O) groups excluding carboxylic acids is 1. The van der Waals surface area contributed by atoms with Gasteiger partial charge in [0, 0.05) is 4.90 Å². The lowest BCUT2D eigenvalue weighted by molar-refractivity contribution is -0.142. The van der Waals surface area contributed by atoms with Crippen molar-refractivity contribution in [2.24, 2.45) is 0 Å². The first-order valence-electron chi connectivity index (χ1n) is 5.87. The maximum atomic E-state index is 12.4. The summed E-state index contributed by atoms with van der Waals surface area (Å²) in [7, 11) is 1.56. The Morgan fingerprint density at radius 1 is 1.40 bits per heavy atom. The van der Waals surface area contributed by atoms with E-state index in [2.05, 4.69) is 5.32 Å². The number of amides is 1. The van der Waals surface area contributed by atoms with Gasteiger partial charge < -0.3 is 15.2 Å². The molecule has 0 saturated heterocycles. The van der Waals surface area contributed by atoms with Crippen LogP contribution in [-0.4, -0.2) is 42.1 Å². The predicted octanol–water partition coefficient (Wildman–Crippen LogP) is 1.71. The molecule has 1 rings (SSSR count). The number of hydrogen-bond acceptors (Lipinski definition) is 4. The van der Waals surface area contributed by atoms with Gasteiger partial charge in [0.15, 0.2) is 6.04 Å². The summed E-state index contributed by atoms with van der Waals surface area (Å²) in [5, 5.41) is 10.3. The molecule has 0 bridgehead atoms. The van der Waals surface area contributed by atoms with E-state index in [0.717, 1.165) is 4.90 Å². The highest BCUT2D eigenvalue weighted by atomic mass is 32.2. The van der Waals surface area contributed by atoms with Crippen LogP contribution in [0.2, 0.25) is 0 Å². The average molecular weight is 301 g/mol. The number of hydrogen-bond donors (Lipinski definition) is 2. The van der Waals surface area contributed by atoms with Gasteiger partial charge in [-0.15, -0.1) is 11.8 Å². The second-order valence-electron chi connectivity index (χ2n) is 3.99. The van der Waals surface area contributed by atoms with Gasteiger partial charge >= 0.3 is 5.97 Å². The summed E-state index contributed by atoms with van der Waals surface area (Å²) in [4.78, 5) is 23.2. The van der Waals surface area contributed by atoms with Crippen LogP contribution in [0.3, 0.4) is 0 Å². The minimum absolute atomic E-state index is 0.518. The molecule has 20 heavy (non-hydrogen) atoms. The summed E-state index contributed by atoms with van der Waals surface area (Å²) in [6, 6.07) is 5.60. The number of nitrogens with one attached hydrogen (secondary N) is 1. The van der Waals surface area contributed by atoms with Crippen molar-refractivity contribution in [3.63, 3.8) is 0 Å². The summed E-state index contributed by atoms with van der Waals surface area (Å²) < 4.78 is 17.4. The van der Waals surface area contributed by atoms with Gasteiger partial charge in [-0.1, -0.05) is 0 Å². The second kappa shape index (κ2) is 7.74. The van der Waals surface area contributed by atoms with Crippen molar-refractivity contribution in [1.82, 2.24) is 5.32 Å². The number of alkyl halides is 1. The molecule has 0 heterocycles. The SMILES string of the molecule is COc1ccc(SC(C)C(=O)NC(CF)C(=O)O)cc1. The average Bonchev–Trinajstić information content (AvgIpc) is 2.44. The number of ether oxygens (including phenoxy) is 1. The molecule has 0 saturated carbocycles. The minimum atomic E-state index is -1.50. The Bertz CT molecular complexity index is 466. The lowest BCUT2D eigenvalue weighted by Crippen LogP contribution is -2.45. The molecule has 1 amide bonds. The maximum absolute atomic E-state index is 12.4. The molecule has 0 aromatic heterocycles. The van der Waals surface area contributed by atoms with Gasteiger partial charge in [-0.05, 0) is 31.2 Å². The van der Waals surface area contributed by atoms with Crippen LogP contribution in [0, 0.1) is 0 Å². The Hall–Kier alpha value is -1.76. The maximum Gasteiger partial charge on any atom is 0.328 e. The van der Waals surface area contributed by atoms with E-state index >= 15 is 0 Å². The largest absolute Gasteiger partial charge is 0.497 e. The fourth-order valence-electron chi connectivity index (χ4n) is 1.37. The number of carboxylic acids is 1. The van der Waals surface area contributed by atoms with Crippen LogP contribution >= 0.6 is 11.8 Å². The lowest BCUT2D eigenvalue weighted by atomic mass is 10.3. The Morgan fingerprint density at radius 2 is 2.00 bits per heavy atom. The van der Waals surface area contributed by atoms with Crippen molar-refractivity contribution >= 4 is 23.6 Å². The van der Waals surface area contributed by atoms with Gasteiger partial charge in [-0.3, -0.25) is 4.79 Å². The number of benzene rings is 1. The predicted molar refractivity (Wildman–Crippen MR) is 73.9 cm³/mol. The Balaban J connectivity index is 2.58. The van der Waals surface area contributed by atoms with Crippen LogP contribution in [0.5, 0.6) is 5.75 Å². The highest BCUT2D eigenvalue weighted by molar-refractivity contribution is 8.00. The molecule has 1 aromatic carbocycles. The molecule has 0 aliphatic heterocycles. The van der Waals surface area contributed by atoms with Crippen molar-refractivity contribution < 1.29 is 23.8 Å². The smallest absolute Gasteiger partial charge is 0.328 e. The van der Waals surface area contributed by atoms with Gasteiger partial charge in [0.1, 0.15) is 12.4 Å². The number of aliphatic carboxylic acids is 1. The second-order valence-corrected chi connectivity index (χ2v) is 5.40. The van der Waals surface area contributed by atoms with Gasteiger partial charge in [0.25, 0.3) is 0 Å². The van der Waals surface area contributed by atoms with E-state index in [9.17, 15) is 14.0 Å². The normalized spacial score (nSPS) is 13.3. The van der Waals surface area contributed by atoms with E-state index in [0.29, 0.717) is 5.75 Å². The topological polar surface area (TPSA) is 75.6 Å². The minimum Gasteiger partial charge on any atom is -0.497 e. The van der Waals surface area contributed by atoms with Crippen LogP contribution in [-0.2, 0) is 9.59 Å². The van der Waals surface area contributed by atoms with Crippen molar-refractivity contribution in [3.05, 3.63) is 24.3 Å². The van der Waals surface area contributed by atoms with E-state index in [1.165, 1.54) is 11.8 Å². The fourth-order valence-corrected chi connectivity index (χ4v) is 2.24. The Morgan fingerprint density at radius 3 is 2.45 bits per heavy atom. The summed E-state index contributed by atoms with van der Waals surface area (Å²) in [5.41, 5.74) is 0. The molecule has 0 fully saturated rings. The molecule has 0 radical (unpaired) electrons. The number of carboxylic acid groups (broad SMARTS) is 1. The highest BCUT2D eigenvalue weighted by Crippen LogP contribution is 2.25. The quantitative estimate of drug-likeness (QED) is 0.750. The van der Waals surface area contributed by atoms with Crippen LogP contribution in [0.25, 0.3) is 0 Å². The third-order valence-electron chi connectivity index (χ3n) is 2.51. The molecular formula is C13H16FNO4S. The molecule has 2 unspecified atom stereocenters. The summed E-state index contributed by atoms with van der Waals surface area (Å²) in [5.74, 6) is -1.20. The van der Waals surface area contributed by atoms with Crippen molar-refractivity contribution in [2.45, 2.75) is 23.1 Å². The molecule has 2 N–H and O–H groups in total. The first-order chi connectivity index (χ1) is 9.47. The number of thioether (sulfide) groups is 1. The Kier molecular flexibility index (Phi) is 6.30. The molecule has 1 aromatic rings. The zero-order valence-electron chi connectivity index (χ0n) is 11.1. The number of halogens is 1. The van der Waals surface area contributed by atoms with Crippen LogP contribution < -0.4 is 10.1 Å². The van der Waals surface area contributed by atoms with Crippen molar-refractivity contribution in [3.8, 4) is 5.75 Å². The summed E-state index contributed by atoms with van der Waals surface area (Å²) >= 11 is 1.25. The molecule has 0 spiro atoms. The van der Waals surface area contributed by atoms with Crippen LogP contribution in [0.15, 0.2) is 29.2 Å². The van der Waals surface area contributed by atoms with E-state index in [1.807, 2.05) is 0 Å². The lowest BCUT2D eigenvalue weighted by Gasteiger charge is -2.15. The number of carbonyl (C=O) groups is 2. The first kappa shape index (κ1) is 16.3. The monoisotopic (exact) mass is 301 g/mol. The highest BCUT2D eigenvalue weighted by Gasteiger charge is 2.23. The number of rotatable bonds is 7. The van der Waals surface area contributed by atoms with E-state index < -0.39 is 29.8 Å². The standard InChI is InChI=1S/C13H16FNO4S/c1-8(12(16)15-11(7-14)13(17)18)20-10-5-3-9(19-2)4-6-10/h3-6,8,11H,7H2,1-2H3,(H,15,16)(H,17,18). The molecular weight excluding hydrogens is 285 g/mol. The van der Waals surface area contributed by atoms with Gasteiger partial charge in [-0.25, -0.2) is 9.18 Å². The molecule has 2 atom stereocenters. The van der Waals surface area contributed by atoms with E-state index in [1.54, 1.807) is 38.3 Å². The van der Waals surface area contributed by atoms with Gasteiger partial charge in [0.2, 0.25) is 5.91 Å². The summed E-state index contributed by atoms with van der Waals surface area (Å²) in [6.45, 7) is 0.488. The summed E-state index contributed by atoms with van der Waals surface area (Å²) in [6.07, 6.45) is 0. The van der Waals surface area contributed by atoms with E-state index in [4.69, 9.17) is 9.84 Å². The molecule has 7 heteroatoms. The van der Waals surface area contributed by atoms with Gasteiger partial charge in [0.05, 0.1) is 12.4 Å². The molecule has 0 aliphatic rings. The van der Waals surface area contributed by atoms with Crippen LogP contribution in [0.1, 0.15) is 6.92 Å².